The normalized spacial score (nSPS) is 31.2. The molecule has 0 nitrogen and oxygen atoms in total. The molecule has 3 atom stereocenters. The van der Waals surface area contributed by atoms with Crippen molar-refractivity contribution in [1.29, 1.82) is 0 Å². The summed E-state index contributed by atoms with van der Waals surface area (Å²) in [7, 11) is 0. The molecule has 0 radical (unpaired) electrons. The van der Waals surface area contributed by atoms with E-state index in [1.807, 2.05) is 0 Å². The van der Waals surface area contributed by atoms with E-state index in [-0.39, 0.29) is 0 Å². The number of benzene rings is 1. The van der Waals surface area contributed by atoms with Crippen molar-refractivity contribution in [1.82, 2.24) is 0 Å². The Kier molecular flexibility index (Phi) is 2.66. The first-order valence-electron chi connectivity index (χ1n) is 6.65. The van der Waals surface area contributed by atoms with Crippen LogP contribution < -0.4 is 0 Å². The van der Waals surface area contributed by atoms with Gasteiger partial charge >= 0.3 is 0 Å². The average Bonchev–Trinajstić information content (AvgIpc) is 3.11. The molecule has 17 heavy (non-hydrogen) atoms. The third-order valence-corrected chi connectivity index (χ3v) is 4.21. The van der Waals surface area contributed by atoms with Crippen LogP contribution in [0.5, 0.6) is 0 Å². The summed E-state index contributed by atoms with van der Waals surface area (Å²) in [6.45, 7) is 4.35. The van der Waals surface area contributed by atoms with Crippen LogP contribution in [0.1, 0.15) is 36.8 Å². The van der Waals surface area contributed by atoms with Crippen LogP contribution in [0.2, 0.25) is 0 Å². The number of allylic oxidation sites excluding steroid dienone is 4. The van der Waals surface area contributed by atoms with Gasteiger partial charge in [0.1, 0.15) is 0 Å². The third-order valence-electron chi connectivity index (χ3n) is 4.21. The summed E-state index contributed by atoms with van der Waals surface area (Å²) >= 11 is 0. The fourth-order valence-electron chi connectivity index (χ4n) is 2.95. The highest BCUT2D eigenvalue weighted by atomic mass is 14.5. The van der Waals surface area contributed by atoms with Crippen LogP contribution in [-0.4, -0.2) is 0 Å². The van der Waals surface area contributed by atoms with E-state index in [1.165, 1.54) is 24.0 Å². The molecule has 3 unspecified atom stereocenters. The van der Waals surface area contributed by atoms with E-state index < -0.39 is 0 Å². The molecule has 0 heterocycles. The first-order valence-corrected chi connectivity index (χ1v) is 6.65. The second-order valence-corrected chi connectivity index (χ2v) is 5.62. The lowest BCUT2D eigenvalue weighted by molar-refractivity contribution is 0.556. The minimum Gasteiger partial charge on any atom is -0.0810 e. The molecule has 1 aromatic rings. The lowest BCUT2D eigenvalue weighted by Crippen LogP contribution is -2.02. The Morgan fingerprint density at radius 2 is 1.82 bits per heavy atom. The molecule has 0 aromatic heterocycles. The van der Waals surface area contributed by atoms with Crippen LogP contribution in [-0.2, 0) is 0 Å². The molecule has 1 aromatic carbocycles. The zero-order valence-electron chi connectivity index (χ0n) is 10.7. The standard InChI is InChI=1S/C17H20/c1-12-3-7-14(8-4-12)16-11-17(16)15-9-5-13(2)6-10-15/h3-9,15-17H,10-11H2,1-2H3. The van der Waals surface area contributed by atoms with E-state index in [4.69, 9.17) is 0 Å². The van der Waals surface area contributed by atoms with Crippen molar-refractivity contribution < 1.29 is 0 Å². The zero-order valence-corrected chi connectivity index (χ0v) is 10.7. The second kappa shape index (κ2) is 4.18. The predicted octanol–water partition coefficient (Wildman–Crippen LogP) is 4.62. The molecule has 0 heteroatoms. The summed E-state index contributed by atoms with van der Waals surface area (Å²) in [6, 6.07) is 9.11. The number of hydrogen-bond acceptors (Lipinski definition) is 0. The minimum absolute atomic E-state index is 0.782. The number of aryl methyl sites for hydroxylation is 1. The molecule has 1 fully saturated rings. The lowest BCUT2D eigenvalue weighted by atomic mass is 9.91. The van der Waals surface area contributed by atoms with Gasteiger partial charge in [-0.25, -0.2) is 0 Å². The largest absolute Gasteiger partial charge is 0.0810 e. The van der Waals surface area contributed by atoms with Crippen molar-refractivity contribution in [2.75, 3.05) is 0 Å². The summed E-state index contributed by atoms with van der Waals surface area (Å²) in [5.74, 6) is 2.49. The Balaban J connectivity index is 1.67. The molecule has 0 N–H and O–H groups in total. The van der Waals surface area contributed by atoms with Crippen molar-refractivity contribution in [2.24, 2.45) is 11.8 Å². The van der Waals surface area contributed by atoms with Crippen LogP contribution in [0.15, 0.2) is 48.1 Å². The maximum absolute atomic E-state index is 2.42. The number of hydrogen-bond donors (Lipinski definition) is 0. The van der Waals surface area contributed by atoms with Crippen molar-refractivity contribution >= 4 is 0 Å². The average molecular weight is 224 g/mol. The van der Waals surface area contributed by atoms with Gasteiger partial charge in [0, 0.05) is 0 Å². The molecular weight excluding hydrogens is 204 g/mol. The highest BCUT2D eigenvalue weighted by Crippen LogP contribution is 2.53. The van der Waals surface area contributed by atoms with Gasteiger partial charge in [0.15, 0.2) is 0 Å². The van der Waals surface area contributed by atoms with E-state index in [0.717, 1.165) is 17.8 Å². The van der Waals surface area contributed by atoms with E-state index in [9.17, 15) is 0 Å². The van der Waals surface area contributed by atoms with Crippen LogP contribution in [0.25, 0.3) is 0 Å². The molecule has 0 amide bonds. The lowest BCUT2D eigenvalue weighted by Gasteiger charge is -2.14. The Labute approximate surface area is 104 Å². The maximum atomic E-state index is 2.42. The molecule has 0 aliphatic heterocycles. The van der Waals surface area contributed by atoms with Crippen LogP contribution in [0.3, 0.4) is 0 Å². The van der Waals surface area contributed by atoms with Gasteiger partial charge in [0.25, 0.3) is 0 Å². The Morgan fingerprint density at radius 3 is 2.47 bits per heavy atom. The van der Waals surface area contributed by atoms with Crippen molar-refractivity contribution in [3.05, 3.63) is 59.2 Å². The van der Waals surface area contributed by atoms with Gasteiger partial charge in [-0.3, -0.25) is 0 Å². The first-order chi connectivity index (χ1) is 8.24. The van der Waals surface area contributed by atoms with E-state index >= 15 is 0 Å². The molecule has 0 spiro atoms. The van der Waals surface area contributed by atoms with Gasteiger partial charge in [-0.2, -0.15) is 0 Å². The summed E-state index contributed by atoms with van der Waals surface area (Å²) in [6.07, 6.45) is 9.72. The molecule has 0 saturated heterocycles. The Bertz CT molecular complexity index is 461. The summed E-state index contributed by atoms with van der Waals surface area (Å²) in [5, 5.41) is 0. The van der Waals surface area contributed by atoms with Gasteiger partial charge in [0.2, 0.25) is 0 Å². The highest BCUT2D eigenvalue weighted by Gasteiger charge is 2.42. The molecular formula is C17H20. The minimum atomic E-state index is 0.782. The second-order valence-electron chi connectivity index (χ2n) is 5.62. The Morgan fingerprint density at radius 1 is 1.06 bits per heavy atom. The smallest absolute Gasteiger partial charge is 0.0125 e. The predicted molar refractivity (Wildman–Crippen MR) is 73.0 cm³/mol. The number of rotatable bonds is 2. The summed E-state index contributed by atoms with van der Waals surface area (Å²) in [4.78, 5) is 0. The fourth-order valence-corrected chi connectivity index (χ4v) is 2.95. The van der Waals surface area contributed by atoms with Crippen molar-refractivity contribution in [3.8, 4) is 0 Å². The molecule has 88 valence electrons. The fraction of sp³-hybridized carbons (Fsp3) is 0.412. The summed E-state index contributed by atoms with van der Waals surface area (Å²) < 4.78 is 0. The van der Waals surface area contributed by atoms with Crippen LogP contribution >= 0.6 is 0 Å². The molecule has 3 rings (SSSR count). The van der Waals surface area contributed by atoms with Crippen LogP contribution in [0, 0.1) is 18.8 Å². The first kappa shape index (κ1) is 10.8. The van der Waals surface area contributed by atoms with Gasteiger partial charge in [-0.15, -0.1) is 0 Å². The Hall–Kier alpha value is -1.30. The van der Waals surface area contributed by atoms with Gasteiger partial charge in [-0.1, -0.05) is 53.6 Å². The summed E-state index contributed by atoms with van der Waals surface area (Å²) in [5.41, 5.74) is 4.33. The SMILES string of the molecule is CC1=CCC(C2CC2c2ccc(C)cc2)C=C1. The van der Waals surface area contributed by atoms with E-state index in [0.29, 0.717) is 0 Å². The zero-order chi connectivity index (χ0) is 11.8. The van der Waals surface area contributed by atoms with E-state index in [2.05, 4.69) is 56.3 Å². The monoisotopic (exact) mass is 224 g/mol. The van der Waals surface area contributed by atoms with E-state index in [1.54, 1.807) is 5.56 Å². The molecule has 2 aliphatic carbocycles. The molecule has 1 saturated carbocycles. The van der Waals surface area contributed by atoms with Gasteiger partial charge in [-0.05, 0) is 50.0 Å². The highest BCUT2D eigenvalue weighted by molar-refractivity contribution is 5.31. The quantitative estimate of drug-likeness (QED) is 0.687. The molecule has 2 aliphatic rings. The van der Waals surface area contributed by atoms with Gasteiger partial charge in [0.05, 0.1) is 0 Å². The van der Waals surface area contributed by atoms with Crippen molar-refractivity contribution in [3.63, 3.8) is 0 Å². The third kappa shape index (κ3) is 2.22. The van der Waals surface area contributed by atoms with Crippen LogP contribution in [0.4, 0.5) is 0 Å². The topological polar surface area (TPSA) is 0 Å². The maximum Gasteiger partial charge on any atom is -0.0125 e. The van der Waals surface area contributed by atoms with Gasteiger partial charge < -0.3 is 0 Å². The van der Waals surface area contributed by atoms with Crippen molar-refractivity contribution in [2.45, 2.75) is 32.6 Å². The molecule has 0 bridgehead atoms.